The summed E-state index contributed by atoms with van der Waals surface area (Å²) in [6, 6.07) is 15.1. The maximum atomic E-state index is 12.4. The molecule has 0 heterocycles. The second-order valence-corrected chi connectivity index (χ2v) is 9.51. The number of hydrazone groups is 1. The minimum Gasteiger partial charge on any atom is -0.200 e. The molecule has 0 atom stereocenters. The molecule has 0 amide bonds. The van der Waals surface area contributed by atoms with Gasteiger partial charge in [0.2, 0.25) is 0 Å². The van der Waals surface area contributed by atoms with Gasteiger partial charge >= 0.3 is 0 Å². The maximum Gasteiger partial charge on any atom is 0.276 e. The van der Waals surface area contributed by atoms with E-state index in [0.717, 1.165) is 17.0 Å². The van der Waals surface area contributed by atoms with E-state index in [1.54, 1.807) is 24.3 Å². The monoisotopic (exact) mass is 398 g/mol. The van der Waals surface area contributed by atoms with E-state index in [-0.39, 0.29) is 4.90 Å². The average Bonchev–Trinajstić information content (AvgIpc) is 2.72. The quantitative estimate of drug-likeness (QED) is 0.524. The highest BCUT2D eigenvalue weighted by molar-refractivity contribution is 7.89. The molecule has 1 saturated carbocycles. The number of hydrogen-bond donors (Lipinski definition) is 1. The van der Waals surface area contributed by atoms with Crippen molar-refractivity contribution in [1.82, 2.24) is 4.83 Å². The lowest BCUT2D eigenvalue weighted by molar-refractivity contribution is 0.319. The Morgan fingerprint density at radius 2 is 1.61 bits per heavy atom. The fourth-order valence-corrected chi connectivity index (χ4v) is 4.72. The van der Waals surface area contributed by atoms with Gasteiger partial charge in [-0.2, -0.15) is 18.4 Å². The Morgan fingerprint density at radius 1 is 1.00 bits per heavy atom. The Bertz CT molecular complexity index is 908. The lowest BCUT2D eigenvalue weighted by Crippen LogP contribution is -2.20. The Kier molecular flexibility index (Phi) is 6.55. The fraction of sp³-hybridized carbons (Fsp3) is 0.435. The zero-order chi connectivity index (χ0) is 20.1. The van der Waals surface area contributed by atoms with Gasteiger partial charge < -0.3 is 0 Å². The number of aryl methyl sites for hydroxylation is 1. The van der Waals surface area contributed by atoms with Crippen LogP contribution in [0.15, 0.2) is 58.5 Å². The number of rotatable bonds is 6. The van der Waals surface area contributed by atoms with E-state index in [2.05, 4.69) is 29.0 Å². The summed E-state index contributed by atoms with van der Waals surface area (Å²) in [7, 11) is -3.65. The highest BCUT2D eigenvalue weighted by atomic mass is 32.2. The van der Waals surface area contributed by atoms with Crippen molar-refractivity contribution in [2.75, 3.05) is 0 Å². The normalized spacial score (nSPS) is 20.8. The van der Waals surface area contributed by atoms with E-state index in [0.29, 0.717) is 11.6 Å². The molecule has 4 nitrogen and oxygen atoms in total. The van der Waals surface area contributed by atoms with Gasteiger partial charge in [-0.3, -0.25) is 0 Å². The molecule has 2 aromatic rings. The number of hydrogen-bond acceptors (Lipinski definition) is 3. The fourth-order valence-electron chi connectivity index (χ4n) is 3.86. The van der Waals surface area contributed by atoms with Gasteiger partial charge in [-0.05, 0) is 74.6 Å². The largest absolute Gasteiger partial charge is 0.276 e. The molecule has 1 N–H and O–H groups in total. The van der Waals surface area contributed by atoms with Crippen molar-refractivity contribution in [3.63, 3.8) is 0 Å². The van der Waals surface area contributed by atoms with Crippen molar-refractivity contribution in [2.45, 2.75) is 63.7 Å². The third-order valence-corrected chi connectivity index (χ3v) is 7.11. The highest BCUT2D eigenvalue weighted by Crippen LogP contribution is 2.36. The van der Waals surface area contributed by atoms with Crippen LogP contribution in [0.2, 0.25) is 0 Å². The van der Waals surface area contributed by atoms with Crippen molar-refractivity contribution in [2.24, 2.45) is 11.0 Å². The smallest absolute Gasteiger partial charge is 0.200 e. The first-order chi connectivity index (χ1) is 13.4. The van der Waals surface area contributed by atoms with Gasteiger partial charge in [0.1, 0.15) is 0 Å². The summed E-state index contributed by atoms with van der Waals surface area (Å²) in [5.41, 5.74) is 3.97. The second kappa shape index (κ2) is 8.91. The van der Waals surface area contributed by atoms with Gasteiger partial charge in [-0.15, -0.1) is 0 Å². The van der Waals surface area contributed by atoms with Gasteiger partial charge in [0.25, 0.3) is 10.0 Å². The Labute approximate surface area is 169 Å². The zero-order valence-corrected chi connectivity index (χ0v) is 17.8. The third kappa shape index (κ3) is 5.02. The van der Waals surface area contributed by atoms with Gasteiger partial charge in [0.05, 0.1) is 10.6 Å². The second-order valence-electron chi connectivity index (χ2n) is 7.85. The first-order valence-corrected chi connectivity index (χ1v) is 11.6. The number of nitrogens with one attached hydrogen (secondary N) is 1. The van der Waals surface area contributed by atoms with E-state index >= 15 is 0 Å². The molecular weight excluding hydrogens is 368 g/mol. The van der Waals surface area contributed by atoms with Crippen LogP contribution in [0.25, 0.3) is 0 Å². The minimum atomic E-state index is -3.65. The standard InChI is InChI=1S/C23H30N2O2S/c1-4-19-7-9-21(10-8-19)22-13-11-20(12-14-22)18(3)24-25-28(26,27)23-15-5-17(2)6-16-23/h5-6,11-16,19,21,25H,4,7-10H2,1-3H3/b24-18+. The summed E-state index contributed by atoms with van der Waals surface area (Å²) < 4.78 is 24.7. The minimum absolute atomic E-state index is 0.215. The van der Waals surface area contributed by atoms with Crippen LogP contribution < -0.4 is 4.83 Å². The molecule has 0 radical (unpaired) electrons. The van der Waals surface area contributed by atoms with Crippen molar-refractivity contribution in [1.29, 1.82) is 0 Å². The molecule has 0 bridgehead atoms. The van der Waals surface area contributed by atoms with Crippen LogP contribution in [0.1, 0.15) is 68.6 Å². The Balaban J connectivity index is 1.65. The average molecular weight is 399 g/mol. The first-order valence-electron chi connectivity index (χ1n) is 10.1. The van der Waals surface area contributed by atoms with Crippen LogP contribution in [0, 0.1) is 12.8 Å². The molecule has 5 heteroatoms. The van der Waals surface area contributed by atoms with Crippen LogP contribution in [0.5, 0.6) is 0 Å². The molecular formula is C23H30N2O2S. The van der Waals surface area contributed by atoms with Gasteiger partial charge in [0.15, 0.2) is 0 Å². The summed E-state index contributed by atoms with van der Waals surface area (Å²) in [5.74, 6) is 1.54. The van der Waals surface area contributed by atoms with Crippen LogP contribution in [-0.2, 0) is 10.0 Å². The predicted octanol–water partition coefficient (Wildman–Crippen LogP) is 5.38. The van der Waals surface area contributed by atoms with Crippen LogP contribution in [0.3, 0.4) is 0 Å². The molecule has 0 spiro atoms. The summed E-state index contributed by atoms with van der Waals surface area (Å²) in [5, 5.41) is 4.11. The molecule has 1 aliphatic carbocycles. The van der Waals surface area contributed by atoms with Gasteiger partial charge in [-0.1, -0.05) is 55.3 Å². The lowest BCUT2D eigenvalue weighted by Gasteiger charge is -2.28. The molecule has 0 saturated heterocycles. The van der Waals surface area contributed by atoms with E-state index < -0.39 is 10.0 Å². The summed E-state index contributed by atoms with van der Waals surface area (Å²) >= 11 is 0. The molecule has 28 heavy (non-hydrogen) atoms. The van der Waals surface area contributed by atoms with E-state index in [9.17, 15) is 8.42 Å². The predicted molar refractivity (Wildman–Crippen MR) is 115 cm³/mol. The van der Waals surface area contributed by atoms with Gasteiger partial charge in [0, 0.05) is 0 Å². The Morgan fingerprint density at radius 3 is 2.18 bits per heavy atom. The van der Waals surface area contributed by atoms with E-state index in [1.165, 1.54) is 37.7 Å². The molecule has 1 fully saturated rings. The Hall–Kier alpha value is -2.14. The molecule has 0 aromatic heterocycles. The van der Waals surface area contributed by atoms with Crippen molar-refractivity contribution in [3.05, 3.63) is 65.2 Å². The zero-order valence-electron chi connectivity index (χ0n) is 17.0. The van der Waals surface area contributed by atoms with Crippen molar-refractivity contribution in [3.8, 4) is 0 Å². The molecule has 150 valence electrons. The number of benzene rings is 2. The van der Waals surface area contributed by atoms with Crippen molar-refractivity contribution >= 4 is 15.7 Å². The van der Waals surface area contributed by atoms with Crippen LogP contribution in [-0.4, -0.2) is 14.1 Å². The molecule has 2 aromatic carbocycles. The number of sulfonamides is 1. The van der Waals surface area contributed by atoms with Crippen LogP contribution >= 0.6 is 0 Å². The van der Waals surface area contributed by atoms with E-state index in [4.69, 9.17) is 0 Å². The third-order valence-electron chi connectivity index (χ3n) is 5.89. The summed E-state index contributed by atoms with van der Waals surface area (Å²) in [6.45, 7) is 6.03. The SMILES string of the molecule is CCC1CCC(c2ccc(/C(C)=N/NS(=O)(=O)c3ccc(C)cc3)cc2)CC1. The topological polar surface area (TPSA) is 58.5 Å². The molecule has 0 aliphatic heterocycles. The first kappa shape index (κ1) is 20.6. The van der Waals surface area contributed by atoms with E-state index in [1.807, 2.05) is 26.0 Å². The molecule has 3 rings (SSSR count). The number of nitrogens with zero attached hydrogens (tertiary/aromatic N) is 1. The summed E-state index contributed by atoms with van der Waals surface area (Å²) in [6.07, 6.45) is 6.47. The highest BCUT2D eigenvalue weighted by Gasteiger charge is 2.21. The molecule has 0 unspecified atom stereocenters. The van der Waals surface area contributed by atoms with Crippen LogP contribution in [0.4, 0.5) is 0 Å². The van der Waals surface area contributed by atoms with Crippen molar-refractivity contribution < 1.29 is 8.42 Å². The maximum absolute atomic E-state index is 12.4. The summed E-state index contributed by atoms with van der Waals surface area (Å²) in [4.78, 5) is 2.56. The lowest BCUT2D eigenvalue weighted by atomic mass is 9.78. The van der Waals surface area contributed by atoms with Gasteiger partial charge in [-0.25, -0.2) is 0 Å². The molecule has 1 aliphatic rings.